The topological polar surface area (TPSA) is 127 Å². The molecule has 0 bridgehead atoms. The van der Waals surface area contributed by atoms with Crippen LogP contribution in [0.2, 0.25) is 0 Å². The van der Waals surface area contributed by atoms with Gasteiger partial charge >= 0.3 is 12.1 Å². The minimum absolute atomic E-state index is 0.186. The molecule has 4 N–H and O–H groups in total. The molecule has 3 rings (SSSR count). The van der Waals surface area contributed by atoms with Gasteiger partial charge < -0.3 is 15.6 Å². The third kappa shape index (κ3) is 5.42. The summed E-state index contributed by atoms with van der Waals surface area (Å²) in [5.41, 5.74) is 9.31. The number of ether oxygens (including phenoxy) is 1. The van der Waals surface area contributed by atoms with Crippen LogP contribution in [0.5, 0.6) is 5.88 Å². The number of aromatic nitrogens is 4. The molecule has 8 nitrogen and oxygen atoms in total. The molecule has 0 unspecified atom stereocenters. The van der Waals surface area contributed by atoms with Crippen molar-refractivity contribution in [1.29, 1.82) is 0 Å². The summed E-state index contributed by atoms with van der Waals surface area (Å²) in [6.45, 7) is 0. The molecule has 2 heterocycles. The summed E-state index contributed by atoms with van der Waals surface area (Å²) in [5, 5.41) is 14.0. The Morgan fingerprint density at radius 3 is 2.41 bits per heavy atom. The molecule has 11 heteroatoms. The van der Waals surface area contributed by atoms with Crippen LogP contribution in [0, 0.1) is 0 Å². The molecule has 0 spiro atoms. The quantitative estimate of drug-likeness (QED) is 0.636. The van der Waals surface area contributed by atoms with Crippen LogP contribution in [0.4, 0.5) is 19.1 Å². The van der Waals surface area contributed by atoms with E-state index in [1.807, 2.05) is 30.3 Å². The monoisotopic (exact) mass is 381 g/mol. The number of hydrogen-bond acceptors (Lipinski definition) is 6. The Kier molecular flexibility index (Phi) is 5.96. The standard InChI is InChI=1S/C14H13N5O.C2HF3O2/c1-20-13-8-12(17-14(15)18-13)10-4-2-3-9(7-10)11-5-6-16-19-11;3-2(4,5)1(6)7/h2-8H,1H3,(H,16,19)(H2,15,17,18);(H,6,7). The Morgan fingerprint density at radius 1 is 1.19 bits per heavy atom. The number of nitrogens with one attached hydrogen (secondary N) is 1. The molecule has 3 aromatic rings. The molecule has 0 aliphatic heterocycles. The second-order valence-corrected chi connectivity index (χ2v) is 5.01. The highest BCUT2D eigenvalue weighted by molar-refractivity contribution is 5.73. The first kappa shape index (κ1) is 19.7. The number of carbonyl (C=O) groups is 1. The van der Waals surface area contributed by atoms with Crippen molar-refractivity contribution in [3.8, 4) is 28.4 Å². The van der Waals surface area contributed by atoms with Crippen LogP contribution in [0.25, 0.3) is 22.5 Å². The normalized spacial score (nSPS) is 10.7. The van der Waals surface area contributed by atoms with Crippen molar-refractivity contribution >= 4 is 11.9 Å². The van der Waals surface area contributed by atoms with E-state index in [1.165, 1.54) is 0 Å². The Bertz CT molecular complexity index is 914. The predicted octanol–water partition coefficient (Wildman–Crippen LogP) is 2.76. The van der Waals surface area contributed by atoms with E-state index in [2.05, 4.69) is 20.2 Å². The highest BCUT2D eigenvalue weighted by Crippen LogP contribution is 2.26. The van der Waals surface area contributed by atoms with E-state index < -0.39 is 12.1 Å². The maximum atomic E-state index is 10.6. The van der Waals surface area contributed by atoms with Crippen LogP contribution in [0.3, 0.4) is 0 Å². The number of carboxylic acid groups (broad SMARTS) is 1. The molecule has 0 amide bonds. The average Bonchev–Trinajstić information content (AvgIpc) is 3.15. The van der Waals surface area contributed by atoms with Crippen molar-refractivity contribution in [2.75, 3.05) is 12.8 Å². The van der Waals surface area contributed by atoms with Gasteiger partial charge in [0, 0.05) is 23.4 Å². The van der Waals surface area contributed by atoms with Gasteiger partial charge in [-0.05, 0) is 12.1 Å². The number of benzene rings is 1. The van der Waals surface area contributed by atoms with Crippen molar-refractivity contribution < 1.29 is 27.8 Å². The van der Waals surface area contributed by atoms with Gasteiger partial charge in [0.1, 0.15) is 0 Å². The number of methoxy groups -OCH3 is 1. The molecule has 0 saturated heterocycles. The molecule has 2 aromatic heterocycles. The number of nitrogen functional groups attached to an aromatic ring is 1. The molecule has 0 aliphatic rings. The molecule has 0 atom stereocenters. The number of rotatable bonds is 3. The third-order valence-electron chi connectivity index (χ3n) is 3.14. The highest BCUT2D eigenvalue weighted by atomic mass is 19.4. The molecular weight excluding hydrogens is 367 g/mol. The van der Waals surface area contributed by atoms with Crippen molar-refractivity contribution in [2.24, 2.45) is 0 Å². The molecule has 0 fully saturated rings. The van der Waals surface area contributed by atoms with Crippen molar-refractivity contribution in [3.63, 3.8) is 0 Å². The number of H-pyrrole nitrogens is 1. The van der Waals surface area contributed by atoms with Crippen LogP contribution in [0.15, 0.2) is 42.6 Å². The van der Waals surface area contributed by atoms with E-state index in [0.717, 1.165) is 22.5 Å². The van der Waals surface area contributed by atoms with E-state index in [4.69, 9.17) is 20.4 Å². The molecule has 1 aromatic carbocycles. The second-order valence-electron chi connectivity index (χ2n) is 5.01. The smallest absolute Gasteiger partial charge is 0.481 e. The Morgan fingerprint density at radius 2 is 1.85 bits per heavy atom. The fourth-order valence-electron chi connectivity index (χ4n) is 1.96. The minimum atomic E-state index is -5.08. The van der Waals surface area contributed by atoms with Crippen molar-refractivity contribution in [3.05, 3.63) is 42.6 Å². The minimum Gasteiger partial charge on any atom is -0.481 e. The summed E-state index contributed by atoms with van der Waals surface area (Å²) in [4.78, 5) is 17.1. The van der Waals surface area contributed by atoms with Gasteiger partial charge in [-0.2, -0.15) is 23.3 Å². The molecule has 27 heavy (non-hydrogen) atoms. The van der Waals surface area contributed by atoms with Crippen molar-refractivity contribution in [1.82, 2.24) is 20.2 Å². The van der Waals surface area contributed by atoms with Crippen LogP contribution in [-0.2, 0) is 4.79 Å². The zero-order chi connectivity index (χ0) is 20.0. The number of carboxylic acids is 1. The van der Waals surface area contributed by atoms with Gasteiger partial charge in [-0.3, -0.25) is 5.10 Å². The van der Waals surface area contributed by atoms with E-state index in [1.54, 1.807) is 19.4 Å². The lowest BCUT2D eigenvalue weighted by Crippen LogP contribution is -2.21. The summed E-state index contributed by atoms with van der Waals surface area (Å²) in [6, 6.07) is 11.6. The van der Waals surface area contributed by atoms with Gasteiger partial charge in [0.15, 0.2) is 0 Å². The summed E-state index contributed by atoms with van der Waals surface area (Å²) >= 11 is 0. The predicted molar refractivity (Wildman–Crippen MR) is 89.7 cm³/mol. The summed E-state index contributed by atoms with van der Waals surface area (Å²) in [5.74, 6) is -2.13. The SMILES string of the molecule is COc1cc(-c2cccc(-c3ccn[nH]3)c2)nc(N)n1.O=C(O)C(F)(F)F. The molecule has 0 aliphatic carbocycles. The Labute approximate surface area is 150 Å². The van der Waals surface area contributed by atoms with Gasteiger partial charge in [0.25, 0.3) is 0 Å². The number of hydrogen-bond donors (Lipinski definition) is 3. The third-order valence-corrected chi connectivity index (χ3v) is 3.14. The van der Waals surface area contributed by atoms with Crippen LogP contribution >= 0.6 is 0 Å². The zero-order valence-corrected chi connectivity index (χ0v) is 13.9. The van der Waals surface area contributed by atoms with E-state index in [0.29, 0.717) is 5.88 Å². The number of halogens is 3. The summed E-state index contributed by atoms with van der Waals surface area (Å²) < 4.78 is 36.8. The summed E-state index contributed by atoms with van der Waals surface area (Å²) in [7, 11) is 1.55. The number of aliphatic carboxylic acids is 1. The van der Waals surface area contributed by atoms with Gasteiger partial charge in [-0.15, -0.1) is 0 Å². The van der Waals surface area contributed by atoms with Gasteiger partial charge in [0.05, 0.1) is 18.5 Å². The van der Waals surface area contributed by atoms with Gasteiger partial charge in [-0.1, -0.05) is 18.2 Å². The number of anilines is 1. The van der Waals surface area contributed by atoms with Gasteiger partial charge in [0.2, 0.25) is 11.8 Å². The van der Waals surface area contributed by atoms with Crippen LogP contribution in [-0.4, -0.2) is 44.5 Å². The Hall–Kier alpha value is -3.63. The maximum absolute atomic E-state index is 10.6. The van der Waals surface area contributed by atoms with Crippen LogP contribution < -0.4 is 10.5 Å². The van der Waals surface area contributed by atoms with Crippen LogP contribution in [0.1, 0.15) is 0 Å². The molecule has 0 saturated carbocycles. The first-order valence-corrected chi connectivity index (χ1v) is 7.29. The van der Waals surface area contributed by atoms with Gasteiger partial charge in [-0.25, -0.2) is 9.78 Å². The first-order valence-electron chi connectivity index (χ1n) is 7.29. The number of nitrogens with zero attached hydrogens (tertiary/aromatic N) is 3. The number of alkyl halides is 3. The van der Waals surface area contributed by atoms with E-state index >= 15 is 0 Å². The number of nitrogens with two attached hydrogens (primary N) is 1. The first-order chi connectivity index (χ1) is 12.7. The maximum Gasteiger partial charge on any atom is 0.490 e. The Balaban J connectivity index is 0.000000321. The van der Waals surface area contributed by atoms with Crippen molar-refractivity contribution in [2.45, 2.75) is 6.18 Å². The lowest BCUT2D eigenvalue weighted by atomic mass is 10.1. The largest absolute Gasteiger partial charge is 0.490 e. The van der Waals surface area contributed by atoms with E-state index in [9.17, 15) is 13.2 Å². The van der Waals surface area contributed by atoms with E-state index in [-0.39, 0.29) is 5.95 Å². The molecule has 0 radical (unpaired) electrons. The number of aromatic amines is 1. The zero-order valence-electron chi connectivity index (χ0n) is 13.9. The fourth-order valence-corrected chi connectivity index (χ4v) is 1.96. The summed E-state index contributed by atoms with van der Waals surface area (Å²) in [6.07, 6.45) is -3.37. The fraction of sp³-hybridized carbons (Fsp3) is 0.125. The highest BCUT2D eigenvalue weighted by Gasteiger charge is 2.38. The second kappa shape index (κ2) is 8.17. The molecular formula is C16H14F3N5O3. The average molecular weight is 381 g/mol. The lowest BCUT2D eigenvalue weighted by molar-refractivity contribution is -0.192. The lowest BCUT2D eigenvalue weighted by Gasteiger charge is -2.06. The molecule has 142 valence electrons.